The van der Waals surface area contributed by atoms with Crippen LogP contribution in [0.1, 0.15) is 25.7 Å². The highest BCUT2D eigenvalue weighted by atomic mass is 32.2. The molecule has 3 aliphatic rings. The third-order valence-electron chi connectivity index (χ3n) is 4.25. The van der Waals surface area contributed by atoms with E-state index >= 15 is 0 Å². The van der Waals surface area contributed by atoms with Crippen LogP contribution in [0.4, 0.5) is 0 Å². The van der Waals surface area contributed by atoms with Crippen molar-refractivity contribution in [2.75, 3.05) is 39.5 Å². The Morgan fingerprint density at radius 3 is 2.11 bits per heavy atom. The van der Waals surface area contributed by atoms with Crippen molar-refractivity contribution in [2.45, 2.75) is 36.7 Å². The lowest BCUT2D eigenvalue weighted by Crippen LogP contribution is -2.50. The Bertz CT molecular complexity index is 402. The second kappa shape index (κ2) is 5.29. The highest BCUT2D eigenvalue weighted by molar-refractivity contribution is 7.89. The predicted molar refractivity (Wildman–Crippen MR) is 68.2 cm³/mol. The second-order valence-electron chi connectivity index (χ2n) is 5.36. The molecule has 0 aromatic heterocycles. The molecule has 1 spiro atoms. The van der Waals surface area contributed by atoms with Gasteiger partial charge in [-0.25, -0.2) is 12.7 Å². The summed E-state index contributed by atoms with van der Waals surface area (Å²) in [6, 6.07) is 0. The van der Waals surface area contributed by atoms with Crippen molar-refractivity contribution in [3.8, 4) is 0 Å². The molecule has 110 valence electrons. The van der Waals surface area contributed by atoms with E-state index in [2.05, 4.69) is 0 Å². The van der Waals surface area contributed by atoms with Crippen molar-refractivity contribution < 1.29 is 22.6 Å². The summed E-state index contributed by atoms with van der Waals surface area (Å²) in [6.45, 7) is 3.33. The second-order valence-corrected chi connectivity index (χ2v) is 7.58. The van der Waals surface area contributed by atoms with Gasteiger partial charge in [-0.15, -0.1) is 0 Å². The van der Waals surface area contributed by atoms with Crippen LogP contribution in [0.3, 0.4) is 0 Å². The van der Waals surface area contributed by atoms with Crippen LogP contribution in [0.15, 0.2) is 0 Å². The zero-order valence-electron chi connectivity index (χ0n) is 11.0. The Morgan fingerprint density at radius 1 is 0.947 bits per heavy atom. The van der Waals surface area contributed by atoms with Gasteiger partial charge in [-0.3, -0.25) is 0 Å². The first-order chi connectivity index (χ1) is 9.12. The lowest BCUT2D eigenvalue weighted by molar-refractivity contribution is -0.179. The molecule has 19 heavy (non-hydrogen) atoms. The molecule has 0 atom stereocenters. The number of hydrogen-bond acceptors (Lipinski definition) is 5. The van der Waals surface area contributed by atoms with E-state index in [0.29, 0.717) is 65.2 Å². The molecule has 0 aliphatic carbocycles. The normalized spacial score (nSPS) is 29.9. The Labute approximate surface area is 114 Å². The Morgan fingerprint density at radius 2 is 1.53 bits per heavy atom. The maximum absolute atomic E-state index is 12.5. The summed E-state index contributed by atoms with van der Waals surface area (Å²) in [4.78, 5) is 0. The van der Waals surface area contributed by atoms with Gasteiger partial charge in [0.25, 0.3) is 0 Å². The molecule has 0 radical (unpaired) electrons. The molecule has 0 amide bonds. The molecule has 3 saturated heterocycles. The maximum Gasteiger partial charge on any atom is 0.217 e. The summed E-state index contributed by atoms with van der Waals surface area (Å²) in [5.74, 6) is -0.512. The number of sulfonamides is 1. The molecule has 0 aromatic rings. The van der Waals surface area contributed by atoms with Crippen LogP contribution < -0.4 is 0 Å². The van der Waals surface area contributed by atoms with E-state index in [1.54, 1.807) is 4.31 Å². The van der Waals surface area contributed by atoms with Crippen LogP contribution in [0.2, 0.25) is 0 Å². The topological polar surface area (TPSA) is 65.1 Å². The van der Waals surface area contributed by atoms with E-state index in [-0.39, 0.29) is 5.25 Å². The molecule has 3 fully saturated rings. The lowest BCUT2D eigenvalue weighted by atomic mass is 10.1. The molecule has 0 saturated carbocycles. The number of nitrogens with zero attached hydrogens (tertiary/aromatic N) is 1. The number of hydrogen-bond donors (Lipinski definition) is 0. The molecule has 3 aliphatic heterocycles. The van der Waals surface area contributed by atoms with Gasteiger partial charge in [0.05, 0.1) is 18.5 Å². The summed E-state index contributed by atoms with van der Waals surface area (Å²) < 4.78 is 43.2. The summed E-state index contributed by atoms with van der Waals surface area (Å²) in [5.41, 5.74) is 0. The van der Waals surface area contributed by atoms with Gasteiger partial charge in [-0.2, -0.15) is 0 Å². The number of ether oxygens (including phenoxy) is 3. The molecule has 3 rings (SSSR count). The largest absolute Gasteiger partial charge is 0.381 e. The van der Waals surface area contributed by atoms with Gasteiger partial charge in [0.15, 0.2) is 5.79 Å². The summed E-state index contributed by atoms with van der Waals surface area (Å²) in [6.07, 6.45) is 2.48. The minimum Gasteiger partial charge on any atom is -0.381 e. The van der Waals surface area contributed by atoms with E-state index in [0.717, 1.165) is 0 Å². The molecule has 0 aromatic carbocycles. The zero-order chi connectivity index (χ0) is 13.3. The van der Waals surface area contributed by atoms with Gasteiger partial charge in [0, 0.05) is 39.1 Å². The molecule has 0 unspecified atom stereocenters. The predicted octanol–water partition coefficient (Wildman–Crippen LogP) is 0.334. The van der Waals surface area contributed by atoms with Crippen LogP contribution in [0.25, 0.3) is 0 Å². The number of rotatable bonds is 2. The Balaban J connectivity index is 1.63. The van der Waals surface area contributed by atoms with Crippen LogP contribution in [-0.4, -0.2) is 63.3 Å². The molecular formula is C12H21NO5S. The fourth-order valence-electron chi connectivity index (χ4n) is 3.05. The van der Waals surface area contributed by atoms with Gasteiger partial charge in [-0.1, -0.05) is 0 Å². The van der Waals surface area contributed by atoms with E-state index in [9.17, 15) is 8.42 Å². The monoisotopic (exact) mass is 291 g/mol. The average molecular weight is 291 g/mol. The highest BCUT2D eigenvalue weighted by Gasteiger charge is 2.44. The highest BCUT2D eigenvalue weighted by Crippen LogP contribution is 2.33. The smallest absolute Gasteiger partial charge is 0.217 e. The van der Waals surface area contributed by atoms with Crippen LogP contribution in [0, 0.1) is 0 Å². The van der Waals surface area contributed by atoms with Crippen molar-refractivity contribution >= 4 is 10.0 Å². The van der Waals surface area contributed by atoms with Crippen molar-refractivity contribution in [3.63, 3.8) is 0 Å². The minimum atomic E-state index is -3.19. The third-order valence-corrected chi connectivity index (χ3v) is 6.65. The van der Waals surface area contributed by atoms with Gasteiger partial charge in [0.1, 0.15) is 0 Å². The van der Waals surface area contributed by atoms with Gasteiger partial charge >= 0.3 is 0 Å². The van der Waals surface area contributed by atoms with Crippen molar-refractivity contribution in [2.24, 2.45) is 0 Å². The standard InChI is InChI=1S/C12H21NO5S/c14-19(15,11-1-7-16-8-2-11)13-5-3-12(4-6-13)17-9-10-18-12/h11H,1-10H2. The summed E-state index contributed by atoms with van der Waals surface area (Å²) >= 11 is 0. The third kappa shape index (κ3) is 2.67. The van der Waals surface area contributed by atoms with E-state index in [1.807, 2.05) is 0 Å². The van der Waals surface area contributed by atoms with Gasteiger partial charge < -0.3 is 14.2 Å². The molecule has 6 nitrogen and oxygen atoms in total. The Hall–Kier alpha value is -0.210. The molecule has 7 heteroatoms. The van der Waals surface area contributed by atoms with Gasteiger partial charge in [-0.05, 0) is 12.8 Å². The van der Waals surface area contributed by atoms with Crippen LogP contribution in [0.5, 0.6) is 0 Å². The fraction of sp³-hybridized carbons (Fsp3) is 1.00. The number of piperidine rings is 1. The van der Waals surface area contributed by atoms with Gasteiger partial charge in [0.2, 0.25) is 10.0 Å². The maximum atomic E-state index is 12.5. The first-order valence-corrected chi connectivity index (χ1v) is 8.47. The molecule has 0 N–H and O–H groups in total. The molecular weight excluding hydrogens is 270 g/mol. The lowest BCUT2D eigenvalue weighted by Gasteiger charge is -2.38. The summed E-state index contributed by atoms with van der Waals surface area (Å²) in [7, 11) is -3.19. The first kappa shape index (κ1) is 13.8. The average Bonchev–Trinajstić information content (AvgIpc) is 2.89. The van der Waals surface area contributed by atoms with E-state index < -0.39 is 15.8 Å². The van der Waals surface area contributed by atoms with Crippen molar-refractivity contribution in [1.29, 1.82) is 0 Å². The molecule has 3 heterocycles. The quantitative estimate of drug-likeness (QED) is 0.734. The zero-order valence-corrected chi connectivity index (χ0v) is 11.9. The van der Waals surface area contributed by atoms with E-state index in [1.165, 1.54) is 0 Å². The van der Waals surface area contributed by atoms with Crippen LogP contribution >= 0.6 is 0 Å². The fourth-order valence-corrected chi connectivity index (χ4v) is 4.95. The Kier molecular flexibility index (Phi) is 3.83. The summed E-state index contributed by atoms with van der Waals surface area (Å²) in [5, 5.41) is -0.277. The van der Waals surface area contributed by atoms with Crippen molar-refractivity contribution in [3.05, 3.63) is 0 Å². The first-order valence-electron chi connectivity index (χ1n) is 6.97. The SMILES string of the molecule is O=S(=O)(C1CCOCC1)N1CCC2(CC1)OCCO2. The van der Waals surface area contributed by atoms with E-state index in [4.69, 9.17) is 14.2 Å². The van der Waals surface area contributed by atoms with Crippen LogP contribution in [-0.2, 0) is 24.2 Å². The molecule has 0 bridgehead atoms. The van der Waals surface area contributed by atoms with Crippen molar-refractivity contribution in [1.82, 2.24) is 4.31 Å². The minimum absolute atomic E-state index is 0.277.